The van der Waals surface area contributed by atoms with Crippen molar-refractivity contribution < 1.29 is 19.6 Å². The largest absolute Gasteiger partial charge is 0.480 e. The number of benzene rings is 1. The fourth-order valence-corrected chi connectivity index (χ4v) is 2.48. The zero-order valence-electron chi connectivity index (χ0n) is 13.8. The van der Waals surface area contributed by atoms with Crippen LogP contribution >= 0.6 is 0 Å². The fourth-order valence-electron chi connectivity index (χ4n) is 2.48. The number of nitro groups is 1. The van der Waals surface area contributed by atoms with Gasteiger partial charge in [-0.25, -0.2) is 9.78 Å². The van der Waals surface area contributed by atoms with Gasteiger partial charge in [0, 0.05) is 24.0 Å². The molecule has 9 nitrogen and oxygen atoms in total. The van der Waals surface area contributed by atoms with Crippen LogP contribution in [0.2, 0.25) is 0 Å². The topological polar surface area (TPSA) is 127 Å². The van der Waals surface area contributed by atoms with E-state index in [4.69, 9.17) is 0 Å². The van der Waals surface area contributed by atoms with Crippen molar-refractivity contribution >= 4 is 17.6 Å². The lowest BCUT2D eigenvalue weighted by Gasteiger charge is -2.25. The first-order valence-corrected chi connectivity index (χ1v) is 7.61. The SMILES string of the molecule is CCCC(C)(NC(=O)c1ccc(-n2ccnc2)c([N+](=O)[O-])c1)C(=O)O. The van der Waals surface area contributed by atoms with Crippen molar-refractivity contribution in [3.63, 3.8) is 0 Å². The van der Waals surface area contributed by atoms with Crippen LogP contribution in [0.3, 0.4) is 0 Å². The molecule has 132 valence electrons. The fraction of sp³-hybridized carbons (Fsp3) is 0.312. The quantitative estimate of drug-likeness (QED) is 0.584. The van der Waals surface area contributed by atoms with E-state index in [0.717, 1.165) is 6.07 Å². The van der Waals surface area contributed by atoms with Crippen LogP contribution in [-0.2, 0) is 4.79 Å². The maximum Gasteiger partial charge on any atom is 0.329 e. The highest BCUT2D eigenvalue weighted by atomic mass is 16.6. The molecule has 2 rings (SSSR count). The Labute approximate surface area is 143 Å². The van der Waals surface area contributed by atoms with Crippen LogP contribution in [0.5, 0.6) is 0 Å². The lowest BCUT2D eigenvalue weighted by atomic mass is 9.95. The van der Waals surface area contributed by atoms with Gasteiger partial charge < -0.3 is 15.0 Å². The van der Waals surface area contributed by atoms with E-state index < -0.39 is 22.3 Å². The van der Waals surface area contributed by atoms with E-state index in [9.17, 15) is 24.8 Å². The Bertz CT molecular complexity index is 803. The normalized spacial score (nSPS) is 13.0. The van der Waals surface area contributed by atoms with Crippen molar-refractivity contribution in [2.24, 2.45) is 0 Å². The van der Waals surface area contributed by atoms with Gasteiger partial charge in [-0.05, 0) is 25.5 Å². The van der Waals surface area contributed by atoms with Crippen molar-refractivity contribution in [2.45, 2.75) is 32.2 Å². The molecule has 9 heteroatoms. The Kier molecular flexibility index (Phi) is 5.16. The Morgan fingerprint density at radius 1 is 1.44 bits per heavy atom. The second-order valence-corrected chi connectivity index (χ2v) is 5.77. The number of amides is 1. The molecule has 0 radical (unpaired) electrons. The molecular weight excluding hydrogens is 328 g/mol. The third-order valence-corrected chi connectivity index (χ3v) is 3.83. The van der Waals surface area contributed by atoms with Gasteiger partial charge in [-0.15, -0.1) is 0 Å². The smallest absolute Gasteiger partial charge is 0.329 e. The Balaban J connectivity index is 2.36. The number of carboxylic acid groups (broad SMARTS) is 1. The van der Waals surface area contributed by atoms with E-state index in [1.54, 1.807) is 13.1 Å². The predicted octanol–water partition coefficient (Wildman–Crippen LogP) is 2.15. The van der Waals surface area contributed by atoms with Crippen molar-refractivity contribution in [2.75, 3.05) is 0 Å². The highest BCUT2D eigenvalue weighted by molar-refractivity contribution is 5.98. The third kappa shape index (κ3) is 3.82. The van der Waals surface area contributed by atoms with Crippen LogP contribution in [0.15, 0.2) is 36.9 Å². The van der Waals surface area contributed by atoms with Crippen molar-refractivity contribution in [1.82, 2.24) is 14.9 Å². The van der Waals surface area contributed by atoms with Crippen LogP contribution in [0.4, 0.5) is 5.69 Å². The molecule has 1 amide bonds. The average Bonchev–Trinajstić information content (AvgIpc) is 3.08. The number of carbonyl (C=O) groups is 2. The third-order valence-electron chi connectivity index (χ3n) is 3.83. The van der Waals surface area contributed by atoms with Gasteiger partial charge in [-0.1, -0.05) is 13.3 Å². The van der Waals surface area contributed by atoms with Crippen LogP contribution in [-0.4, -0.2) is 37.0 Å². The summed E-state index contributed by atoms with van der Waals surface area (Å²) in [5, 5.41) is 23.1. The highest BCUT2D eigenvalue weighted by Gasteiger charge is 2.34. The molecule has 0 saturated carbocycles. The lowest BCUT2D eigenvalue weighted by molar-refractivity contribution is -0.384. The maximum absolute atomic E-state index is 12.4. The van der Waals surface area contributed by atoms with E-state index in [1.165, 1.54) is 36.1 Å². The standard InChI is InChI=1S/C16H18N4O5/c1-3-6-16(2,15(22)23)18-14(21)11-4-5-12(13(9-11)20(24)25)19-8-7-17-10-19/h4-5,7-10H,3,6H2,1-2H3,(H,18,21)(H,22,23). The number of imidazole rings is 1. The number of hydrogen-bond acceptors (Lipinski definition) is 5. The average molecular weight is 346 g/mol. The summed E-state index contributed by atoms with van der Waals surface area (Å²) in [7, 11) is 0. The minimum atomic E-state index is -1.44. The van der Waals surface area contributed by atoms with Crippen molar-refractivity contribution in [1.29, 1.82) is 0 Å². The number of rotatable bonds is 7. The number of carbonyl (C=O) groups excluding carboxylic acids is 1. The van der Waals surface area contributed by atoms with Gasteiger partial charge in [-0.2, -0.15) is 0 Å². The van der Waals surface area contributed by atoms with Crippen LogP contribution in [0, 0.1) is 10.1 Å². The zero-order valence-corrected chi connectivity index (χ0v) is 13.8. The van der Waals surface area contributed by atoms with E-state index in [1.807, 2.05) is 0 Å². The predicted molar refractivity (Wildman–Crippen MR) is 88.6 cm³/mol. The van der Waals surface area contributed by atoms with E-state index in [-0.39, 0.29) is 23.4 Å². The summed E-state index contributed by atoms with van der Waals surface area (Å²) < 4.78 is 1.46. The van der Waals surface area contributed by atoms with Crippen LogP contribution in [0.25, 0.3) is 5.69 Å². The molecule has 1 aromatic carbocycles. The van der Waals surface area contributed by atoms with Gasteiger partial charge in [0.25, 0.3) is 11.6 Å². The Hall–Kier alpha value is -3.23. The van der Waals surface area contributed by atoms with Gasteiger partial charge in [0.15, 0.2) is 0 Å². The minimum Gasteiger partial charge on any atom is -0.480 e. The first-order valence-electron chi connectivity index (χ1n) is 7.61. The minimum absolute atomic E-state index is 0.0131. The van der Waals surface area contributed by atoms with Gasteiger partial charge in [0.2, 0.25) is 0 Å². The first-order chi connectivity index (χ1) is 11.8. The molecule has 25 heavy (non-hydrogen) atoms. The maximum atomic E-state index is 12.4. The summed E-state index contributed by atoms with van der Waals surface area (Å²) in [6.45, 7) is 3.21. The molecule has 2 N–H and O–H groups in total. The number of aromatic nitrogens is 2. The first kappa shape index (κ1) is 18.1. The molecule has 1 aromatic heterocycles. The molecule has 0 aliphatic carbocycles. The zero-order chi connectivity index (χ0) is 18.6. The Morgan fingerprint density at radius 2 is 2.16 bits per heavy atom. The number of aliphatic carboxylic acids is 1. The van der Waals surface area contributed by atoms with Gasteiger partial charge in [-0.3, -0.25) is 14.9 Å². The van der Waals surface area contributed by atoms with Crippen molar-refractivity contribution in [3.05, 3.63) is 52.6 Å². The van der Waals surface area contributed by atoms with Crippen molar-refractivity contribution in [3.8, 4) is 5.69 Å². The van der Waals surface area contributed by atoms with E-state index in [0.29, 0.717) is 6.42 Å². The number of nitrogens with one attached hydrogen (secondary N) is 1. The molecule has 0 fully saturated rings. The number of hydrogen-bond donors (Lipinski definition) is 2. The van der Waals surface area contributed by atoms with Crippen LogP contribution < -0.4 is 5.32 Å². The molecule has 2 aromatic rings. The van der Waals surface area contributed by atoms with E-state index >= 15 is 0 Å². The monoisotopic (exact) mass is 346 g/mol. The summed E-state index contributed by atoms with van der Waals surface area (Å²) in [6.07, 6.45) is 5.23. The summed E-state index contributed by atoms with van der Waals surface area (Å²) in [4.78, 5) is 38.4. The van der Waals surface area contributed by atoms with Crippen LogP contribution in [0.1, 0.15) is 37.0 Å². The lowest BCUT2D eigenvalue weighted by Crippen LogP contribution is -2.52. The second kappa shape index (κ2) is 7.12. The molecular formula is C16H18N4O5. The molecule has 0 saturated heterocycles. The molecule has 0 aliphatic heterocycles. The van der Waals surface area contributed by atoms with Gasteiger partial charge in [0.05, 0.1) is 11.3 Å². The molecule has 1 heterocycles. The molecule has 0 spiro atoms. The van der Waals surface area contributed by atoms with Gasteiger partial charge in [0.1, 0.15) is 11.2 Å². The molecule has 1 atom stereocenters. The summed E-state index contributed by atoms with van der Waals surface area (Å²) in [6, 6.07) is 3.96. The second-order valence-electron chi connectivity index (χ2n) is 5.77. The Morgan fingerprint density at radius 3 is 2.68 bits per heavy atom. The van der Waals surface area contributed by atoms with E-state index in [2.05, 4.69) is 10.3 Å². The molecule has 0 aliphatic rings. The molecule has 0 bridgehead atoms. The van der Waals surface area contributed by atoms with Gasteiger partial charge >= 0.3 is 5.97 Å². The summed E-state index contributed by atoms with van der Waals surface area (Å²) in [5.41, 5.74) is -1.45. The number of nitrogens with zero attached hydrogens (tertiary/aromatic N) is 3. The molecule has 1 unspecified atom stereocenters. The number of carboxylic acids is 1. The highest BCUT2D eigenvalue weighted by Crippen LogP contribution is 2.24. The number of nitro benzene ring substituents is 1. The summed E-state index contributed by atoms with van der Waals surface area (Å²) >= 11 is 0. The summed E-state index contributed by atoms with van der Waals surface area (Å²) in [5.74, 6) is -1.84.